The predicted molar refractivity (Wildman–Crippen MR) is 68.8 cm³/mol. The van der Waals surface area contributed by atoms with E-state index in [-0.39, 0.29) is 36.6 Å². The number of carbonyl (C=O) groups excluding carboxylic acids is 2. The maximum atomic E-state index is 13.3. The molecule has 0 aromatic heterocycles. The Hall–Kier alpha value is -1.91. The van der Waals surface area contributed by atoms with E-state index in [4.69, 9.17) is 0 Å². The van der Waals surface area contributed by atoms with Gasteiger partial charge in [0.2, 0.25) is 11.8 Å². The number of hydrogen-bond acceptors (Lipinski definition) is 2. The molecule has 1 N–H and O–H groups in total. The average Bonchev–Trinajstić information content (AvgIpc) is 2.47. The van der Waals surface area contributed by atoms with Gasteiger partial charge in [-0.15, -0.1) is 0 Å². The van der Waals surface area contributed by atoms with Gasteiger partial charge in [-0.2, -0.15) is 0 Å². The molecule has 0 saturated carbocycles. The van der Waals surface area contributed by atoms with E-state index < -0.39 is 0 Å². The first kappa shape index (κ1) is 13.5. The number of nitrogens with one attached hydrogen (secondary N) is 1. The van der Waals surface area contributed by atoms with Crippen LogP contribution in [0.15, 0.2) is 18.2 Å². The van der Waals surface area contributed by atoms with Crippen molar-refractivity contribution >= 4 is 11.8 Å². The molecule has 5 heteroatoms. The van der Waals surface area contributed by atoms with Crippen molar-refractivity contribution in [3.05, 3.63) is 35.1 Å². The average molecular weight is 264 g/mol. The van der Waals surface area contributed by atoms with Gasteiger partial charge in [0.05, 0.1) is 6.54 Å². The molecule has 1 atom stereocenters. The highest BCUT2D eigenvalue weighted by Crippen LogP contribution is 2.17. The van der Waals surface area contributed by atoms with Crippen molar-refractivity contribution in [1.82, 2.24) is 10.2 Å². The van der Waals surface area contributed by atoms with Gasteiger partial charge in [-0.05, 0) is 37.1 Å². The van der Waals surface area contributed by atoms with Crippen LogP contribution < -0.4 is 5.32 Å². The number of halogens is 1. The molecular formula is C14H17FN2O2. The summed E-state index contributed by atoms with van der Waals surface area (Å²) in [5.41, 5.74) is 1.71. The topological polar surface area (TPSA) is 49.4 Å². The van der Waals surface area contributed by atoms with E-state index in [9.17, 15) is 14.0 Å². The van der Waals surface area contributed by atoms with Crippen LogP contribution in [-0.4, -0.2) is 29.3 Å². The third-order valence-corrected chi connectivity index (χ3v) is 3.42. The number of aryl methyl sites for hydroxylation is 1. The first-order valence-electron chi connectivity index (χ1n) is 6.28. The van der Waals surface area contributed by atoms with Crippen molar-refractivity contribution in [3.63, 3.8) is 0 Å². The molecule has 0 aliphatic carbocycles. The molecule has 1 aliphatic rings. The Labute approximate surface area is 111 Å². The number of benzene rings is 1. The molecule has 2 rings (SSSR count). The molecule has 19 heavy (non-hydrogen) atoms. The molecule has 1 aliphatic heterocycles. The van der Waals surface area contributed by atoms with Crippen LogP contribution in [0, 0.1) is 12.7 Å². The summed E-state index contributed by atoms with van der Waals surface area (Å²) >= 11 is 0. The van der Waals surface area contributed by atoms with Gasteiger partial charge < -0.3 is 10.2 Å². The molecule has 1 aromatic carbocycles. The molecule has 0 radical (unpaired) electrons. The molecule has 4 nitrogen and oxygen atoms in total. The van der Waals surface area contributed by atoms with Gasteiger partial charge in [0.15, 0.2) is 0 Å². The van der Waals surface area contributed by atoms with E-state index in [2.05, 4.69) is 5.32 Å². The minimum absolute atomic E-state index is 0.0114. The lowest BCUT2D eigenvalue weighted by Crippen LogP contribution is -2.39. The maximum absolute atomic E-state index is 13.3. The highest BCUT2D eigenvalue weighted by atomic mass is 19.1. The van der Waals surface area contributed by atoms with Gasteiger partial charge >= 0.3 is 0 Å². The summed E-state index contributed by atoms with van der Waals surface area (Å²) in [6, 6.07) is 4.35. The molecular weight excluding hydrogens is 247 g/mol. The molecule has 2 amide bonds. The predicted octanol–water partition coefficient (Wildman–Crippen LogP) is 1.37. The van der Waals surface area contributed by atoms with Crippen LogP contribution in [0.4, 0.5) is 4.39 Å². The van der Waals surface area contributed by atoms with Crippen LogP contribution in [0.3, 0.4) is 0 Å². The highest BCUT2D eigenvalue weighted by Gasteiger charge is 2.26. The van der Waals surface area contributed by atoms with Crippen molar-refractivity contribution in [3.8, 4) is 0 Å². The van der Waals surface area contributed by atoms with E-state index in [1.807, 2.05) is 13.8 Å². The van der Waals surface area contributed by atoms with Crippen LogP contribution in [0.1, 0.15) is 24.5 Å². The standard InChI is InChI=1S/C14H17FN2O2/c1-9-3-4-12(15)6-11(9)8-17-10(2)5-13(18)16-7-14(17)19/h3-4,6,10H,5,7-8H2,1-2H3,(H,16,18). The van der Waals surface area contributed by atoms with E-state index in [1.165, 1.54) is 12.1 Å². The summed E-state index contributed by atoms with van der Waals surface area (Å²) in [4.78, 5) is 25.0. The van der Waals surface area contributed by atoms with Gasteiger partial charge in [0.1, 0.15) is 5.82 Å². The van der Waals surface area contributed by atoms with Crippen LogP contribution in [-0.2, 0) is 16.1 Å². The first-order valence-corrected chi connectivity index (χ1v) is 6.28. The smallest absolute Gasteiger partial charge is 0.242 e. The van der Waals surface area contributed by atoms with E-state index in [0.29, 0.717) is 6.54 Å². The van der Waals surface area contributed by atoms with Crippen LogP contribution in [0.5, 0.6) is 0 Å². The van der Waals surface area contributed by atoms with Gasteiger partial charge in [0.25, 0.3) is 0 Å². The number of amides is 2. The summed E-state index contributed by atoms with van der Waals surface area (Å²) in [7, 11) is 0. The van der Waals surface area contributed by atoms with E-state index in [0.717, 1.165) is 11.1 Å². The van der Waals surface area contributed by atoms with Crippen LogP contribution in [0.2, 0.25) is 0 Å². The van der Waals surface area contributed by atoms with Gasteiger partial charge in [0, 0.05) is 19.0 Å². The molecule has 1 heterocycles. The van der Waals surface area contributed by atoms with Crippen molar-refractivity contribution in [1.29, 1.82) is 0 Å². The lowest BCUT2D eigenvalue weighted by molar-refractivity contribution is -0.132. The molecule has 1 saturated heterocycles. The Kier molecular flexibility index (Phi) is 3.83. The van der Waals surface area contributed by atoms with Gasteiger partial charge in [-0.25, -0.2) is 4.39 Å². The van der Waals surface area contributed by atoms with Crippen molar-refractivity contribution < 1.29 is 14.0 Å². The summed E-state index contributed by atoms with van der Waals surface area (Å²) in [6.45, 7) is 4.05. The number of nitrogens with zero attached hydrogens (tertiary/aromatic N) is 1. The fraction of sp³-hybridized carbons (Fsp3) is 0.429. The Morgan fingerprint density at radius 1 is 1.42 bits per heavy atom. The summed E-state index contributed by atoms with van der Waals surface area (Å²) < 4.78 is 13.3. The van der Waals surface area contributed by atoms with Gasteiger partial charge in [-0.1, -0.05) is 6.07 Å². The molecule has 1 aromatic rings. The normalized spacial score (nSPS) is 20.2. The number of rotatable bonds is 2. The molecule has 0 bridgehead atoms. The van der Waals surface area contributed by atoms with Crippen molar-refractivity contribution in [2.45, 2.75) is 32.9 Å². The van der Waals surface area contributed by atoms with E-state index in [1.54, 1.807) is 11.0 Å². The van der Waals surface area contributed by atoms with E-state index >= 15 is 0 Å². The summed E-state index contributed by atoms with van der Waals surface area (Å²) in [6.07, 6.45) is 0.278. The monoisotopic (exact) mass is 264 g/mol. The zero-order valence-electron chi connectivity index (χ0n) is 11.1. The zero-order valence-corrected chi connectivity index (χ0v) is 11.1. The second-order valence-corrected chi connectivity index (χ2v) is 4.92. The lowest BCUT2D eigenvalue weighted by Gasteiger charge is -2.27. The Balaban J connectivity index is 2.22. The SMILES string of the molecule is Cc1ccc(F)cc1CN1C(=O)CNC(=O)CC1C. The second kappa shape index (κ2) is 5.38. The minimum Gasteiger partial charge on any atom is -0.347 e. The number of carbonyl (C=O) groups is 2. The third kappa shape index (κ3) is 3.10. The van der Waals surface area contributed by atoms with Crippen LogP contribution >= 0.6 is 0 Å². The molecule has 102 valence electrons. The summed E-state index contributed by atoms with van der Waals surface area (Å²) in [5.74, 6) is -0.578. The van der Waals surface area contributed by atoms with Crippen molar-refractivity contribution in [2.24, 2.45) is 0 Å². The Morgan fingerprint density at radius 3 is 2.89 bits per heavy atom. The minimum atomic E-state index is -0.315. The van der Waals surface area contributed by atoms with Gasteiger partial charge in [-0.3, -0.25) is 9.59 Å². The Bertz CT molecular complexity index is 516. The quantitative estimate of drug-likeness (QED) is 0.877. The lowest BCUT2D eigenvalue weighted by atomic mass is 10.1. The second-order valence-electron chi connectivity index (χ2n) is 4.92. The maximum Gasteiger partial charge on any atom is 0.242 e. The molecule has 0 spiro atoms. The first-order chi connectivity index (χ1) is 8.97. The zero-order chi connectivity index (χ0) is 14.0. The third-order valence-electron chi connectivity index (χ3n) is 3.42. The number of hydrogen-bond donors (Lipinski definition) is 1. The largest absolute Gasteiger partial charge is 0.347 e. The fourth-order valence-corrected chi connectivity index (χ4v) is 2.21. The van der Waals surface area contributed by atoms with Crippen molar-refractivity contribution in [2.75, 3.05) is 6.54 Å². The molecule has 1 unspecified atom stereocenters. The highest BCUT2D eigenvalue weighted by molar-refractivity contribution is 5.87. The summed E-state index contributed by atoms with van der Waals surface area (Å²) in [5, 5.41) is 2.56. The Morgan fingerprint density at radius 2 is 2.16 bits per heavy atom. The van der Waals surface area contributed by atoms with Crippen LogP contribution in [0.25, 0.3) is 0 Å². The fourth-order valence-electron chi connectivity index (χ4n) is 2.21. The molecule has 1 fully saturated rings.